The van der Waals surface area contributed by atoms with Gasteiger partial charge in [0.15, 0.2) is 11.4 Å². The molecule has 0 saturated carbocycles. The topological polar surface area (TPSA) is 101 Å². The van der Waals surface area contributed by atoms with E-state index in [0.717, 1.165) is 4.90 Å². The van der Waals surface area contributed by atoms with Crippen molar-refractivity contribution in [3.8, 4) is 0 Å². The second kappa shape index (κ2) is 6.14. The predicted molar refractivity (Wildman–Crippen MR) is 91.8 cm³/mol. The quantitative estimate of drug-likeness (QED) is 0.801. The Labute approximate surface area is 144 Å². The molecule has 0 bridgehead atoms. The molecular weight excluding hydrogens is 320 g/mol. The van der Waals surface area contributed by atoms with E-state index < -0.39 is 23.3 Å². The van der Waals surface area contributed by atoms with Gasteiger partial charge in [0.25, 0.3) is 5.91 Å². The van der Waals surface area contributed by atoms with Crippen LogP contribution in [0.5, 0.6) is 0 Å². The lowest BCUT2D eigenvalue weighted by atomic mass is 9.79. The van der Waals surface area contributed by atoms with Crippen LogP contribution in [-0.4, -0.2) is 29.2 Å². The van der Waals surface area contributed by atoms with Gasteiger partial charge in [-0.05, 0) is 6.07 Å². The van der Waals surface area contributed by atoms with Gasteiger partial charge in [0.1, 0.15) is 6.54 Å². The number of primary amides is 1. The third-order valence-corrected chi connectivity index (χ3v) is 4.57. The lowest BCUT2D eigenvalue weighted by Crippen LogP contribution is -2.49. The van der Waals surface area contributed by atoms with Gasteiger partial charge in [0, 0.05) is 11.1 Å². The number of ketones is 1. The van der Waals surface area contributed by atoms with Crippen LogP contribution < -0.4 is 10.6 Å². The maximum Gasteiger partial charge on any atom is 0.264 e. The molecule has 2 aromatic carbocycles. The van der Waals surface area contributed by atoms with E-state index in [2.05, 4.69) is 0 Å². The zero-order chi connectivity index (χ0) is 18.2. The first-order valence-electron chi connectivity index (χ1n) is 7.88. The molecule has 0 fully saturated rings. The molecule has 6 nitrogen and oxygen atoms in total. The van der Waals surface area contributed by atoms with E-state index in [1.54, 1.807) is 54.6 Å². The fraction of sp³-hybridized carbons (Fsp3) is 0.211. The highest BCUT2D eigenvalue weighted by atomic mass is 16.3. The van der Waals surface area contributed by atoms with Crippen LogP contribution >= 0.6 is 0 Å². The average molecular weight is 338 g/mol. The molecule has 2 amide bonds. The standard InChI is InChI=1S/C19H18N2O4/c1-12(17(23)13-7-3-2-4-8-13)19(25)14-9-5-6-10-15(14)21(18(19)24)11-16(20)22/h2-10,12,25H,11H2,1H3,(H2,20,22)/t12-,19+/m0/s1. The number of aliphatic hydroxyl groups is 1. The Bertz CT molecular complexity index is 850. The monoisotopic (exact) mass is 338 g/mol. The zero-order valence-corrected chi connectivity index (χ0v) is 13.7. The van der Waals surface area contributed by atoms with E-state index in [1.165, 1.54) is 6.92 Å². The number of carbonyl (C=O) groups is 3. The SMILES string of the molecule is C[C@@H](C(=O)c1ccccc1)[C@]1(O)C(=O)N(CC(N)=O)c2ccccc21. The fourth-order valence-electron chi connectivity index (χ4n) is 3.24. The highest BCUT2D eigenvalue weighted by Gasteiger charge is 2.55. The van der Waals surface area contributed by atoms with Crippen molar-refractivity contribution in [3.05, 3.63) is 65.7 Å². The molecule has 25 heavy (non-hydrogen) atoms. The van der Waals surface area contributed by atoms with Gasteiger partial charge in [-0.15, -0.1) is 0 Å². The molecule has 128 valence electrons. The van der Waals surface area contributed by atoms with Crippen LogP contribution in [0.2, 0.25) is 0 Å². The minimum Gasteiger partial charge on any atom is -0.375 e. The Morgan fingerprint density at radius 1 is 1.12 bits per heavy atom. The van der Waals surface area contributed by atoms with Crippen LogP contribution in [0.25, 0.3) is 0 Å². The predicted octanol–water partition coefficient (Wildman–Crippen LogP) is 1.23. The maximum atomic E-state index is 12.9. The number of carbonyl (C=O) groups excluding carboxylic acids is 3. The van der Waals surface area contributed by atoms with Crippen LogP contribution in [-0.2, 0) is 15.2 Å². The summed E-state index contributed by atoms with van der Waals surface area (Å²) < 4.78 is 0. The number of hydrogen-bond acceptors (Lipinski definition) is 4. The lowest BCUT2D eigenvalue weighted by molar-refractivity contribution is -0.140. The number of Topliss-reactive ketones (excluding diaryl/α,β-unsaturated/α-hetero) is 1. The van der Waals surface area contributed by atoms with Crippen molar-refractivity contribution in [2.45, 2.75) is 12.5 Å². The van der Waals surface area contributed by atoms with Crippen molar-refractivity contribution in [1.82, 2.24) is 0 Å². The number of fused-ring (bicyclic) bond motifs is 1. The largest absolute Gasteiger partial charge is 0.375 e. The van der Waals surface area contributed by atoms with Gasteiger partial charge in [-0.2, -0.15) is 0 Å². The van der Waals surface area contributed by atoms with Crippen LogP contribution in [0.15, 0.2) is 54.6 Å². The molecule has 1 aliphatic rings. The van der Waals surface area contributed by atoms with Gasteiger partial charge in [-0.25, -0.2) is 0 Å². The number of rotatable bonds is 5. The summed E-state index contributed by atoms with van der Waals surface area (Å²) in [5, 5.41) is 11.2. The molecule has 2 atom stereocenters. The average Bonchev–Trinajstić information content (AvgIpc) is 2.84. The molecular formula is C19H18N2O4. The van der Waals surface area contributed by atoms with Gasteiger partial charge >= 0.3 is 0 Å². The molecule has 0 aliphatic carbocycles. The molecule has 2 aromatic rings. The van der Waals surface area contributed by atoms with Crippen LogP contribution in [0.3, 0.4) is 0 Å². The summed E-state index contributed by atoms with van der Waals surface area (Å²) in [7, 11) is 0. The van der Waals surface area contributed by atoms with E-state index in [0.29, 0.717) is 16.8 Å². The molecule has 3 rings (SSSR count). The summed E-state index contributed by atoms with van der Waals surface area (Å²) in [5.74, 6) is -2.80. The van der Waals surface area contributed by atoms with Crippen molar-refractivity contribution in [2.24, 2.45) is 11.7 Å². The first-order chi connectivity index (χ1) is 11.9. The normalized spacial score (nSPS) is 20.2. The smallest absolute Gasteiger partial charge is 0.264 e. The van der Waals surface area contributed by atoms with Crippen molar-refractivity contribution >= 4 is 23.3 Å². The first-order valence-corrected chi connectivity index (χ1v) is 7.88. The summed E-state index contributed by atoms with van der Waals surface area (Å²) in [4.78, 5) is 38.2. The molecule has 0 radical (unpaired) electrons. The van der Waals surface area contributed by atoms with Gasteiger partial charge < -0.3 is 10.8 Å². The second-order valence-electron chi connectivity index (χ2n) is 6.09. The Balaban J connectivity index is 2.06. The Hall–Kier alpha value is -2.99. The minimum atomic E-state index is -2.04. The van der Waals surface area contributed by atoms with Gasteiger partial charge in [-0.1, -0.05) is 55.5 Å². The van der Waals surface area contributed by atoms with Crippen LogP contribution in [0.1, 0.15) is 22.8 Å². The Morgan fingerprint density at radius 2 is 1.72 bits per heavy atom. The fourth-order valence-corrected chi connectivity index (χ4v) is 3.24. The third kappa shape index (κ3) is 2.60. The van der Waals surface area contributed by atoms with E-state index in [9.17, 15) is 19.5 Å². The summed E-state index contributed by atoms with van der Waals surface area (Å²) in [5.41, 5.74) is 4.28. The van der Waals surface area contributed by atoms with E-state index in [4.69, 9.17) is 5.73 Å². The number of anilines is 1. The minimum absolute atomic E-state index is 0.304. The van der Waals surface area contributed by atoms with Crippen molar-refractivity contribution in [3.63, 3.8) is 0 Å². The number of amides is 2. The Kier molecular flexibility index (Phi) is 4.14. The number of nitrogens with two attached hydrogens (primary N) is 1. The summed E-state index contributed by atoms with van der Waals surface area (Å²) in [6.07, 6.45) is 0. The third-order valence-electron chi connectivity index (χ3n) is 4.57. The highest BCUT2D eigenvalue weighted by Crippen LogP contribution is 2.45. The molecule has 0 spiro atoms. The number of benzene rings is 2. The molecule has 1 heterocycles. The van der Waals surface area contributed by atoms with Gasteiger partial charge in [0.05, 0.1) is 11.6 Å². The van der Waals surface area contributed by atoms with Crippen molar-refractivity contribution in [2.75, 3.05) is 11.4 Å². The number of nitrogens with zero attached hydrogens (tertiary/aromatic N) is 1. The summed E-state index contributed by atoms with van der Waals surface area (Å²) in [6, 6.07) is 15.0. The van der Waals surface area contributed by atoms with Gasteiger partial charge in [-0.3, -0.25) is 19.3 Å². The molecule has 6 heteroatoms. The second-order valence-corrected chi connectivity index (χ2v) is 6.09. The first kappa shape index (κ1) is 16.9. The highest BCUT2D eigenvalue weighted by molar-refractivity contribution is 6.13. The number of hydrogen-bond donors (Lipinski definition) is 2. The molecule has 0 aromatic heterocycles. The van der Waals surface area contributed by atoms with E-state index in [1.807, 2.05) is 0 Å². The number of para-hydroxylation sites is 1. The van der Waals surface area contributed by atoms with Crippen molar-refractivity contribution in [1.29, 1.82) is 0 Å². The Morgan fingerprint density at radius 3 is 2.36 bits per heavy atom. The van der Waals surface area contributed by atoms with Crippen LogP contribution in [0, 0.1) is 5.92 Å². The summed E-state index contributed by atoms with van der Waals surface area (Å²) in [6.45, 7) is 1.15. The van der Waals surface area contributed by atoms with E-state index in [-0.39, 0.29) is 12.3 Å². The van der Waals surface area contributed by atoms with Crippen molar-refractivity contribution < 1.29 is 19.5 Å². The van der Waals surface area contributed by atoms with Gasteiger partial charge in [0.2, 0.25) is 5.91 Å². The lowest BCUT2D eigenvalue weighted by Gasteiger charge is -2.28. The zero-order valence-electron chi connectivity index (χ0n) is 13.7. The van der Waals surface area contributed by atoms with Crippen LogP contribution in [0.4, 0.5) is 5.69 Å². The maximum absolute atomic E-state index is 12.9. The molecule has 3 N–H and O–H groups in total. The molecule has 0 unspecified atom stereocenters. The van der Waals surface area contributed by atoms with E-state index >= 15 is 0 Å². The molecule has 1 aliphatic heterocycles. The summed E-state index contributed by atoms with van der Waals surface area (Å²) >= 11 is 0. The molecule has 0 saturated heterocycles.